The van der Waals surface area contributed by atoms with Crippen LogP contribution in [0.2, 0.25) is 0 Å². The Hall–Kier alpha value is -1.31. The minimum Gasteiger partial charge on any atom is -0.497 e. The quantitative estimate of drug-likeness (QED) is 0.497. The van der Waals surface area contributed by atoms with Crippen molar-refractivity contribution in [2.75, 3.05) is 13.8 Å². The number of halogens is 1. The highest BCUT2D eigenvalue weighted by Gasteiger charge is 2.31. The Morgan fingerprint density at radius 3 is 2.27 bits per heavy atom. The van der Waals surface area contributed by atoms with Crippen molar-refractivity contribution >= 4 is 0 Å². The fourth-order valence-corrected chi connectivity index (χ4v) is 5.25. The van der Waals surface area contributed by atoms with Gasteiger partial charge < -0.3 is 4.74 Å². The maximum Gasteiger partial charge on any atom is 0.119 e. The summed E-state index contributed by atoms with van der Waals surface area (Å²) in [5.41, 5.74) is 2.92. The van der Waals surface area contributed by atoms with Gasteiger partial charge in [-0.05, 0) is 112 Å². The van der Waals surface area contributed by atoms with Crippen molar-refractivity contribution in [3.8, 4) is 5.75 Å². The topological polar surface area (TPSA) is 9.23 Å². The van der Waals surface area contributed by atoms with E-state index >= 15 is 0 Å². The zero-order chi connectivity index (χ0) is 18.4. The maximum absolute atomic E-state index is 12.2. The van der Waals surface area contributed by atoms with Crippen molar-refractivity contribution < 1.29 is 9.13 Å². The van der Waals surface area contributed by atoms with E-state index in [0.717, 1.165) is 17.6 Å². The SMILES string of the molecule is COc1ccc(C)c(C2CCC([C@H]3CC[C@H](/C=C/CCF)CC3)CC2)c1. The zero-order valence-electron chi connectivity index (χ0n) is 16.6. The predicted molar refractivity (Wildman–Crippen MR) is 108 cm³/mol. The van der Waals surface area contributed by atoms with Crippen LogP contribution in [0.3, 0.4) is 0 Å². The number of aryl methyl sites for hydroxylation is 1. The van der Waals surface area contributed by atoms with E-state index in [1.165, 1.54) is 62.5 Å². The molecule has 2 heteroatoms. The third-order valence-electron chi connectivity index (χ3n) is 6.87. The summed E-state index contributed by atoms with van der Waals surface area (Å²) < 4.78 is 17.7. The number of ether oxygens (including phenoxy) is 1. The van der Waals surface area contributed by atoms with E-state index in [2.05, 4.69) is 31.2 Å². The summed E-state index contributed by atoms with van der Waals surface area (Å²) >= 11 is 0. The molecule has 0 heterocycles. The number of benzene rings is 1. The molecule has 0 unspecified atom stereocenters. The summed E-state index contributed by atoms with van der Waals surface area (Å²) in [4.78, 5) is 0. The minimum absolute atomic E-state index is 0.220. The maximum atomic E-state index is 12.2. The molecule has 3 rings (SSSR count). The molecule has 26 heavy (non-hydrogen) atoms. The third-order valence-corrected chi connectivity index (χ3v) is 6.87. The zero-order valence-corrected chi connectivity index (χ0v) is 16.6. The van der Waals surface area contributed by atoms with Gasteiger partial charge in [-0.1, -0.05) is 18.2 Å². The first-order valence-electron chi connectivity index (χ1n) is 10.6. The van der Waals surface area contributed by atoms with Crippen molar-refractivity contribution in [1.29, 1.82) is 0 Å². The molecule has 2 fully saturated rings. The molecule has 2 aliphatic carbocycles. The van der Waals surface area contributed by atoms with Crippen molar-refractivity contribution in [3.63, 3.8) is 0 Å². The molecule has 2 aliphatic rings. The minimum atomic E-state index is -0.220. The molecule has 0 aliphatic heterocycles. The third kappa shape index (κ3) is 4.90. The van der Waals surface area contributed by atoms with Crippen LogP contribution in [0.15, 0.2) is 30.4 Å². The van der Waals surface area contributed by atoms with Gasteiger partial charge in [-0.3, -0.25) is 4.39 Å². The Kier molecular flexibility index (Phi) is 7.16. The highest BCUT2D eigenvalue weighted by molar-refractivity contribution is 5.37. The van der Waals surface area contributed by atoms with Gasteiger partial charge in [-0.25, -0.2) is 0 Å². The van der Waals surface area contributed by atoms with E-state index in [1.807, 2.05) is 6.08 Å². The Morgan fingerprint density at radius 2 is 1.65 bits per heavy atom. The predicted octanol–water partition coefficient (Wildman–Crippen LogP) is 7.00. The van der Waals surface area contributed by atoms with Gasteiger partial charge in [0.1, 0.15) is 5.75 Å². The van der Waals surface area contributed by atoms with Crippen LogP contribution in [0.4, 0.5) is 4.39 Å². The molecule has 0 aromatic heterocycles. The van der Waals surface area contributed by atoms with Crippen molar-refractivity contribution in [1.82, 2.24) is 0 Å². The molecule has 0 spiro atoms. The average molecular weight is 359 g/mol. The van der Waals surface area contributed by atoms with Gasteiger partial charge in [0.2, 0.25) is 0 Å². The Balaban J connectivity index is 1.49. The fraction of sp³-hybridized carbons (Fsp3) is 0.667. The first kappa shape index (κ1) is 19.5. The summed E-state index contributed by atoms with van der Waals surface area (Å²) in [5, 5.41) is 0. The number of hydrogen-bond acceptors (Lipinski definition) is 1. The molecule has 0 radical (unpaired) electrons. The van der Waals surface area contributed by atoms with Gasteiger partial charge in [0, 0.05) is 0 Å². The molecule has 0 bridgehead atoms. The van der Waals surface area contributed by atoms with Crippen molar-refractivity contribution in [2.24, 2.45) is 17.8 Å². The van der Waals surface area contributed by atoms with E-state index in [4.69, 9.17) is 4.74 Å². The van der Waals surface area contributed by atoms with Crippen LogP contribution in [0.5, 0.6) is 5.75 Å². The van der Waals surface area contributed by atoms with Gasteiger partial charge in [0.05, 0.1) is 13.8 Å². The fourth-order valence-electron chi connectivity index (χ4n) is 5.25. The summed E-state index contributed by atoms with van der Waals surface area (Å²) in [6.45, 7) is 2.01. The normalized spacial score (nSPS) is 29.8. The molecular weight excluding hydrogens is 323 g/mol. The van der Waals surface area contributed by atoms with Gasteiger partial charge in [-0.2, -0.15) is 0 Å². The van der Waals surface area contributed by atoms with Crippen LogP contribution in [0.25, 0.3) is 0 Å². The lowest BCUT2D eigenvalue weighted by Gasteiger charge is -2.37. The van der Waals surface area contributed by atoms with E-state index in [-0.39, 0.29) is 6.67 Å². The number of allylic oxidation sites excluding steroid dienone is 2. The summed E-state index contributed by atoms with van der Waals surface area (Å²) in [6, 6.07) is 6.54. The van der Waals surface area contributed by atoms with Crippen molar-refractivity contribution in [2.45, 2.75) is 70.6 Å². The van der Waals surface area contributed by atoms with Gasteiger partial charge in [0.15, 0.2) is 0 Å². The molecular formula is C24H35FO. The second-order valence-corrected chi connectivity index (χ2v) is 8.41. The van der Waals surface area contributed by atoms with Crippen LogP contribution in [-0.4, -0.2) is 13.8 Å². The number of methoxy groups -OCH3 is 1. The highest BCUT2D eigenvalue weighted by Crippen LogP contribution is 2.45. The van der Waals surface area contributed by atoms with Gasteiger partial charge >= 0.3 is 0 Å². The molecule has 144 valence electrons. The second-order valence-electron chi connectivity index (χ2n) is 8.41. The molecule has 0 N–H and O–H groups in total. The second kappa shape index (κ2) is 9.58. The molecule has 2 saturated carbocycles. The first-order chi connectivity index (χ1) is 12.7. The molecule has 0 amide bonds. The Morgan fingerprint density at radius 1 is 1.00 bits per heavy atom. The Labute approximate surface area is 159 Å². The van der Waals surface area contributed by atoms with Crippen LogP contribution in [0, 0.1) is 24.7 Å². The molecule has 0 atom stereocenters. The molecule has 1 nitrogen and oxygen atoms in total. The van der Waals surface area contributed by atoms with E-state index in [9.17, 15) is 4.39 Å². The van der Waals surface area contributed by atoms with Gasteiger partial charge in [0.25, 0.3) is 0 Å². The lowest BCUT2D eigenvalue weighted by molar-refractivity contribution is 0.171. The lowest BCUT2D eigenvalue weighted by Crippen LogP contribution is -2.25. The summed E-state index contributed by atoms with van der Waals surface area (Å²) in [5.74, 6) is 4.25. The Bertz CT molecular complexity index is 578. The van der Waals surface area contributed by atoms with E-state index in [0.29, 0.717) is 18.3 Å². The number of hydrogen-bond donors (Lipinski definition) is 0. The monoisotopic (exact) mass is 358 g/mol. The van der Waals surface area contributed by atoms with Crippen LogP contribution >= 0.6 is 0 Å². The van der Waals surface area contributed by atoms with Gasteiger partial charge in [-0.15, -0.1) is 0 Å². The van der Waals surface area contributed by atoms with Crippen molar-refractivity contribution in [3.05, 3.63) is 41.5 Å². The average Bonchev–Trinajstić information content (AvgIpc) is 2.69. The number of rotatable bonds is 6. The van der Waals surface area contributed by atoms with E-state index < -0.39 is 0 Å². The van der Waals surface area contributed by atoms with Crippen LogP contribution in [0.1, 0.15) is 74.8 Å². The molecule has 1 aromatic rings. The summed E-state index contributed by atoms with van der Waals surface area (Å²) in [7, 11) is 1.76. The van der Waals surface area contributed by atoms with E-state index in [1.54, 1.807) is 7.11 Å². The van der Waals surface area contributed by atoms with Crippen LogP contribution in [-0.2, 0) is 0 Å². The number of alkyl halides is 1. The highest BCUT2D eigenvalue weighted by atomic mass is 19.1. The summed E-state index contributed by atoms with van der Waals surface area (Å²) in [6.07, 6.45) is 15.7. The smallest absolute Gasteiger partial charge is 0.119 e. The first-order valence-corrected chi connectivity index (χ1v) is 10.6. The largest absolute Gasteiger partial charge is 0.497 e. The molecule has 0 saturated heterocycles. The van der Waals surface area contributed by atoms with Crippen LogP contribution < -0.4 is 4.74 Å². The standard InChI is InChI=1S/C24H35FO/c1-18-6-15-23(26-2)17-24(18)22-13-11-21(12-14-22)20-9-7-19(8-10-20)5-3-4-16-25/h3,5-6,15,17,19-22H,4,7-14,16H2,1-2H3/b5-3+/t19-,20-,21?,22?. The molecule has 1 aromatic carbocycles. The lowest BCUT2D eigenvalue weighted by atomic mass is 9.68.